The van der Waals surface area contributed by atoms with Gasteiger partial charge in [0.15, 0.2) is 17.7 Å². The van der Waals surface area contributed by atoms with Crippen molar-refractivity contribution in [1.29, 1.82) is 0 Å². The smallest absolute Gasteiger partial charge is 0.386 e. The molecule has 0 spiro atoms. The van der Waals surface area contributed by atoms with Crippen molar-refractivity contribution in [2.24, 2.45) is 15.4 Å². The molecule has 492 valence electrons. The number of nitrogen functional groups attached to an aromatic ring is 1. The lowest BCUT2D eigenvalue weighted by Crippen LogP contribution is -2.46. The van der Waals surface area contributed by atoms with E-state index < -0.39 is 94.5 Å². The van der Waals surface area contributed by atoms with E-state index in [2.05, 4.69) is 139 Å². The van der Waals surface area contributed by atoms with Crippen LogP contribution in [0.15, 0.2) is 167 Å². The molecule has 0 bridgehead atoms. The number of ether oxygens (including phenoxy) is 1. The summed E-state index contributed by atoms with van der Waals surface area (Å²) in [6, 6.07) is 48.6. The minimum Gasteiger partial charge on any atom is -0.386 e. The van der Waals surface area contributed by atoms with Gasteiger partial charge in [0.05, 0.1) is 19.5 Å². The largest absolute Gasteiger partial charge is 0.481 e. The number of thioether (sulfide) groups is 1. The number of fused-ring (bicyclic) bond motifs is 1. The minimum atomic E-state index is -5.62. The number of aromatic nitrogens is 4. The quantitative estimate of drug-likeness (QED) is 0.00860. The van der Waals surface area contributed by atoms with Gasteiger partial charge < -0.3 is 50.9 Å². The summed E-state index contributed by atoms with van der Waals surface area (Å²) in [6.07, 6.45) is -3.23. The molecule has 7 atom stereocenters. The van der Waals surface area contributed by atoms with E-state index in [1.807, 2.05) is 44.2 Å². The third-order valence-electron chi connectivity index (χ3n) is 14.6. The zero-order valence-electron chi connectivity index (χ0n) is 51.0. The fourth-order valence-electron chi connectivity index (χ4n) is 9.91. The standard InChI is InChI=1S/C61H76N9O16P5S/c1-42(63-31-18-35-87(44-20-9-5-10-21-44)45-22-11-6-12-23-45)48-28-17-29-49(43(2)64-32-19-36-88(46-24-13-7-14-25-46)47-26-15-8-16-27-47)55(48)92-37-34-65-51(71)30-33-66-59(74)56(73)61(3,4)39-83-91(80,81)86-90(78,79)82-38-50-54(85-89(75,76)77)53(72)60(84-50)70-41-69-52-57(62)67-40-68-58(52)70/h5-17,20-29,40-41,50,53-54,56,60,72-73H,18-19,30-39H2,1-4H3,(H,65,71)(H,66,74)(H,78,79)(H,80,81)(H2,62,67,68)(H2,75,76,77)/t50-,53-,54-,56+,60-/m1/s1. The lowest BCUT2D eigenvalue weighted by Gasteiger charge is -2.30. The second-order valence-corrected chi connectivity index (χ2v) is 31.9. The Kier molecular flexibility index (Phi) is 26.3. The van der Waals surface area contributed by atoms with Gasteiger partial charge in [0.25, 0.3) is 0 Å². The maximum atomic E-state index is 13.2. The number of rotatable bonds is 34. The summed E-state index contributed by atoms with van der Waals surface area (Å²) < 4.78 is 63.5. The van der Waals surface area contributed by atoms with Crippen molar-refractivity contribution >= 4 is 113 Å². The summed E-state index contributed by atoms with van der Waals surface area (Å²) in [5, 5.41) is 32.7. The summed E-state index contributed by atoms with van der Waals surface area (Å²) in [7, 11) is -17.7. The first-order chi connectivity index (χ1) is 43.9. The molecule has 0 aliphatic carbocycles. The molecule has 8 rings (SSSR count). The Bertz CT molecular complexity index is 3580. The Morgan fingerprint density at radius 2 is 1.24 bits per heavy atom. The molecule has 92 heavy (non-hydrogen) atoms. The normalized spacial score (nSPS) is 18.2. The number of aliphatic hydroxyl groups excluding tert-OH is 2. The number of hydrogen-bond donors (Lipinski definition) is 9. The van der Waals surface area contributed by atoms with E-state index in [9.17, 15) is 53.1 Å². The Hall–Kier alpha value is -5.81. The van der Waals surface area contributed by atoms with Crippen molar-refractivity contribution in [2.45, 2.75) is 82.5 Å². The van der Waals surface area contributed by atoms with Crippen molar-refractivity contribution in [3.8, 4) is 0 Å². The topological polar surface area (TPSA) is 371 Å². The molecule has 0 saturated carbocycles. The Morgan fingerprint density at radius 1 is 0.728 bits per heavy atom. The molecule has 0 radical (unpaired) electrons. The van der Waals surface area contributed by atoms with Gasteiger partial charge >= 0.3 is 23.5 Å². The number of anilines is 1. The first-order valence-electron chi connectivity index (χ1n) is 29.3. The molecule has 2 amide bonds. The van der Waals surface area contributed by atoms with Gasteiger partial charge in [0.1, 0.15) is 36.3 Å². The van der Waals surface area contributed by atoms with Gasteiger partial charge in [-0.05, 0) is 76.1 Å². The molecular weight excluding hydrogens is 1300 g/mol. The van der Waals surface area contributed by atoms with Crippen LogP contribution in [-0.2, 0) is 45.9 Å². The number of carbonyl (C=O) groups is 2. The van der Waals surface area contributed by atoms with Crippen molar-refractivity contribution in [3.63, 3.8) is 0 Å². The van der Waals surface area contributed by atoms with Crippen molar-refractivity contribution in [3.05, 3.63) is 163 Å². The molecule has 10 N–H and O–H groups in total. The van der Waals surface area contributed by atoms with Crippen LogP contribution >= 0.6 is 51.1 Å². The number of phosphoric ester groups is 3. The predicted octanol–water partition coefficient (Wildman–Crippen LogP) is 6.86. The van der Waals surface area contributed by atoms with Gasteiger partial charge in [0.2, 0.25) is 11.8 Å². The van der Waals surface area contributed by atoms with E-state index in [0.717, 1.165) is 69.8 Å². The first-order valence-corrected chi connectivity index (χ1v) is 37.9. The fraction of sp³-hybridized carbons (Fsp3) is 0.361. The van der Waals surface area contributed by atoms with Crippen LogP contribution in [0.5, 0.6) is 0 Å². The highest BCUT2D eigenvalue weighted by atomic mass is 32.2. The molecular formula is C61H76N9O16P5S. The van der Waals surface area contributed by atoms with Crippen LogP contribution in [0.3, 0.4) is 0 Å². The van der Waals surface area contributed by atoms with Crippen LogP contribution in [0, 0.1) is 5.41 Å². The van der Waals surface area contributed by atoms with Crippen LogP contribution in [0.4, 0.5) is 5.82 Å². The lowest BCUT2D eigenvalue weighted by molar-refractivity contribution is -0.137. The zero-order chi connectivity index (χ0) is 66.1. The van der Waals surface area contributed by atoms with Crippen LogP contribution in [0.2, 0.25) is 0 Å². The summed E-state index contributed by atoms with van der Waals surface area (Å²) in [6.45, 7) is 5.95. The van der Waals surface area contributed by atoms with Gasteiger partial charge in [-0.2, -0.15) is 4.31 Å². The summed E-state index contributed by atoms with van der Waals surface area (Å²) in [4.78, 5) is 89.5. The van der Waals surface area contributed by atoms with Gasteiger partial charge in [-0.1, -0.05) is 153 Å². The summed E-state index contributed by atoms with van der Waals surface area (Å²) in [5.74, 6) is -0.908. The van der Waals surface area contributed by atoms with E-state index in [4.69, 9.17) is 34.0 Å². The van der Waals surface area contributed by atoms with Crippen molar-refractivity contribution in [1.82, 2.24) is 30.2 Å². The number of benzene rings is 5. The Labute approximate surface area is 540 Å². The number of nitrogens with zero attached hydrogens (tertiary/aromatic N) is 6. The highest BCUT2D eigenvalue weighted by Gasteiger charge is 2.50. The molecule has 2 unspecified atom stereocenters. The van der Waals surface area contributed by atoms with Gasteiger partial charge in [-0.25, -0.2) is 28.6 Å². The van der Waals surface area contributed by atoms with Gasteiger partial charge in [-0.15, -0.1) is 11.8 Å². The SMILES string of the molecule is CC(=NCCCP(c1ccccc1)c1ccccc1)c1cccc(C(C)=NCCCP(c2ccccc2)c2ccccc2)c1SCCNC(=O)CCNC(=O)[C@H](O)C(C)(C)COP(=O)(O)OP(=O)(O)OC[C@H]1O[C@@H](n2cnc3c(N)ncnc32)[C@H](O)[C@@H]1OP(=O)(O)O. The highest BCUT2D eigenvalue weighted by Crippen LogP contribution is 2.61. The number of carbonyl (C=O) groups excluding carboxylic acids is 2. The number of phosphoric acid groups is 3. The van der Waals surface area contributed by atoms with E-state index >= 15 is 0 Å². The number of nitrogens with two attached hydrogens (primary N) is 1. The zero-order valence-corrected chi connectivity index (χ0v) is 56.3. The number of aliphatic imine (C=N–C) groups is 2. The van der Waals surface area contributed by atoms with E-state index in [1.165, 1.54) is 35.1 Å². The average Bonchev–Trinajstić information content (AvgIpc) is 1.61. The summed E-state index contributed by atoms with van der Waals surface area (Å²) in [5.41, 5.74) is 8.04. The predicted molar refractivity (Wildman–Crippen MR) is 358 cm³/mol. The second-order valence-electron chi connectivity index (χ2n) is 21.9. The van der Waals surface area contributed by atoms with Crippen molar-refractivity contribution in [2.75, 3.05) is 63.2 Å². The molecule has 25 nitrogen and oxygen atoms in total. The average molecular weight is 1380 g/mol. The van der Waals surface area contributed by atoms with E-state index in [-0.39, 0.29) is 42.4 Å². The van der Waals surface area contributed by atoms with Crippen LogP contribution in [0.25, 0.3) is 11.2 Å². The van der Waals surface area contributed by atoms with Crippen LogP contribution < -0.4 is 37.6 Å². The molecule has 1 aliphatic heterocycles. The van der Waals surface area contributed by atoms with Gasteiger partial charge in [-0.3, -0.25) is 37.7 Å². The lowest BCUT2D eigenvalue weighted by atomic mass is 9.87. The highest BCUT2D eigenvalue weighted by molar-refractivity contribution is 7.99. The minimum absolute atomic E-state index is 0.0306. The molecule has 2 aromatic heterocycles. The molecule has 7 aromatic rings. The number of amides is 2. The second kappa shape index (κ2) is 33.5. The molecule has 3 heterocycles. The Balaban J connectivity index is 0.828. The van der Waals surface area contributed by atoms with E-state index in [1.54, 1.807) is 11.8 Å². The maximum Gasteiger partial charge on any atom is 0.481 e. The molecule has 1 aliphatic rings. The number of hydrogen-bond acceptors (Lipinski definition) is 19. The first kappa shape index (κ1) is 72.0. The van der Waals surface area contributed by atoms with Crippen molar-refractivity contribution < 1.29 is 75.7 Å². The molecule has 5 aromatic carbocycles. The monoisotopic (exact) mass is 1380 g/mol. The summed E-state index contributed by atoms with van der Waals surface area (Å²) >= 11 is 1.59. The third kappa shape index (κ3) is 20.6. The Morgan fingerprint density at radius 3 is 1.75 bits per heavy atom. The van der Waals surface area contributed by atoms with Crippen LogP contribution in [-0.4, -0.2) is 154 Å². The fourth-order valence-corrected chi connectivity index (χ4v) is 18.6. The number of imidazole rings is 1. The molecule has 31 heteroatoms. The number of aliphatic hydroxyl groups is 2. The molecule has 1 fully saturated rings. The van der Waals surface area contributed by atoms with Gasteiger partial charge in [0, 0.05) is 71.2 Å². The maximum absolute atomic E-state index is 13.2. The third-order valence-corrected chi connectivity index (χ3v) is 24.0. The molecule has 1 saturated heterocycles. The number of nitrogens with one attached hydrogen (secondary N) is 2. The van der Waals surface area contributed by atoms with E-state index in [0.29, 0.717) is 18.8 Å². The van der Waals surface area contributed by atoms with Crippen LogP contribution in [0.1, 0.15) is 64.3 Å².